The first-order valence-corrected chi connectivity index (χ1v) is 4.57. The summed E-state index contributed by atoms with van der Waals surface area (Å²) in [5.74, 6) is 0. The standard InChI is InChI=1S/C8H14O6/c1-3-12-7-6(11)5(10)4(2-9)14-8(7)13-3/h3-11H,2H2,1H3/t3?,4?,5-,6?,7?,8+/m1/s1. The van der Waals surface area contributed by atoms with Crippen LogP contribution in [0.15, 0.2) is 0 Å². The molecule has 2 saturated heterocycles. The minimum Gasteiger partial charge on any atom is -0.394 e. The summed E-state index contributed by atoms with van der Waals surface area (Å²) in [6.07, 6.45) is -4.90. The van der Waals surface area contributed by atoms with Crippen LogP contribution in [-0.2, 0) is 14.2 Å². The first-order chi connectivity index (χ1) is 6.63. The Balaban J connectivity index is 2.09. The molecule has 0 aromatic carbocycles. The van der Waals surface area contributed by atoms with Crippen LogP contribution in [0.3, 0.4) is 0 Å². The van der Waals surface area contributed by atoms with Gasteiger partial charge in [-0.15, -0.1) is 0 Å². The third-order valence-corrected chi connectivity index (χ3v) is 2.50. The molecule has 2 fully saturated rings. The molecular formula is C8H14O6. The van der Waals surface area contributed by atoms with Crippen LogP contribution in [0.2, 0.25) is 0 Å². The summed E-state index contributed by atoms with van der Waals surface area (Å²) in [5, 5.41) is 28.0. The fourth-order valence-electron chi connectivity index (χ4n) is 1.75. The van der Waals surface area contributed by atoms with Gasteiger partial charge in [0.1, 0.15) is 24.4 Å². The summed E-state index contributed by atoms with van der Waals surface area (Å²) < 4.78 is 15.6. The Morgan fingerprint density at radius 3 is 2.43 bits per heavy atom. The van der Waals surface area contributed by atoms with Crippen molar-refractivity contribution in [3.05, 3.63) is 0 Å². The molecule has 0 aromatic rings. The van der Waals surface area contributed by atoms with Gasteiger partial charge in [0.25, 0.3) is 0 Å². The second kappa shape index (κ2) is 3.73. The average molecular weight is 206 g/mol. The van der Waals surface area contributed by atoms with E-state index in [9.17, 15) is 10.2 Å². The highest BCUT2D eigenvalue weighted by Gasteiger charge is 2.50. The van der Waals surface area contributed by atoms with Crippen molar-refractivity contribution < 1.29 is 29.5 Å². The first-order valence-electron chi connectivity index (χ1n) is 4.57. The van der Waals surface area contributed by atoms with Crippen LogP contribution in [0.25, 0.3) is 0 Å². The fourth-order valence-corrected chi connectivity index (χ4v) is 1.75. The predicted molar refractivity (Wildman–Crippen MR) is 43.2 cm³/mol. The average Bonchev–Trinajstić information content (AvgIpc) is 2.52. The molecule has 0 amide bonds. The smallest absolute Gasteiger partial charge is 0.190 e. The van der Waals surface area contributed by atoms with Crippen LogP contribution in [-0.4, -0.2) is 58.9 Å². The van der Waals surface area contributed by atoms with Gasteiger partial charge in [-0.25, -0.2) is 0 Å². The highest BCUT2D eigenvalue weighted by Crippen LogP contribution is 2.30. The largest absolute Gasteiger partial charge is 0.394 e. The van der Waals surface area contributed by atoms with E-state index >= 15 is 0 Å². The van der Waals surface area contributed by atoms with Crippen LogP contribution >= 0.6 is 0 Å². The Labute approximate surface area is 81.0 Å². The minimum absolute atomic E-state index is 0.362. The topological polar surface area (TPSA) is 88.4 Å². The molecule has 0 spiro atoms. The molecule has 0 aliphatic carbocycles. The Morgan fingerprint density at radius 1 is 1.07 bits per heavy atom. The molecule has 2 rings (SSSR count). The molecule has 0 saturated carbocycles. The number of rotatable bonds is 1. The van der Waals surface area contributed by atoms with Gasteiger partial charge >= 0.3 is 0 Å². The first kappa shape index (κ1) is 10.3. The number of aliphatic hydroxyl groups excluding tert-OH is 3. The minimum atomic E-state index is -1.14. The van der Waals surface area contributed by atoms with Crippen molar-refractivity contribution in [1.82, 2.24) is 0 Å². The van der Waals surface area contributed by atoms with Gasteiger partial charge in [-0.2, -0.15) is 0 Å². The van der Waals surface area contributed by atoms with Gasteiger partial charge in [-0.1, -0.05) is 0 Å². The molecule has 0 aromatic heterocycles. The van der Waals surface area contributed by atoms with Crippen molar-refractivity contribution >= 4 is 0 Å². The van der Waals surface area contributed by atoms with Gasteiger partial charge < -0.3 is 29.5 Å². The molecule has 2 aliphatic rings. The maximum absolute atomic E-state index is 9.62. The second-order valence-electron chi connectivity index (χ2n) is 3.51. The quantitative estimate of drug-likeness (QED) is 0.468. The molecule has 14 heavy (non-hydrogen) atoms. The lowest BCUT2D eigenvalue weighted by atomic mass is 9.99. The van der Waals surface area contributed by atoms with Crippen LogP contribution in [0.5, 0.6) is 0 Å². The van der Waals surface area contributed by atoms with Gasteiger partial charge in [-0.05, 0) is 6.92 Å². The van der Waals surface area contributed by atoms with Crippen molar-refractivity contribution in [2.45, 2.75) is 43.9 Å². The van der Waals surface area contributed by atoms with Gasteiger partial charge in [0.05, 0.1) is 6.61 Å². The third-order valence-electron chi connectivity index (χ3n) is 2.50. The van der Waals surface area contributed by atoms with Crippen LogP contribution in [0.1, 0.15) is 6.92 Å². The number of hydrogen-bond donors (Lipinski definition) is 3. The maximum Gasteiger partial charge on any atom is 0.190 e. The third kappa shape index (κ3) is 1.54. The highest BCUT2D eigenvalue weighted by atomic mass is 16.8. The van der Waals surface area contributed by atoms with Crippen molar-refractivity contribution in [2.24, 2.45) is 0 Å². The molecule has 2 aliphatic heterocycles. The Hall–Kier alpha value is -0.240. The van der Waals surface area contributed by atoms with E-state index in [0.29, 0.717) is 0 Å². The SMILES string of the molecule is CC1OC2C(O)[C@H](O)C(CO)O[C@@H]2O1. The van der Waals surface area contributed by atoms with Gasteiger partial charge in [0, 0.05) is 0 Å². The van der Waals surface area contributed by atoms with E-state index < -0.39 is 37.0 Å². The molecule has 0 radical (unpaired) electrons. The van der Waals surface area contributed by atoms with E-state index in [2.05, 4.69) is 0 Å². The predicted octanol–water partition coefficient (Wildman–Crippen LogP) is -1.81. The van der Waals surface area contributed by atoms with E-state index in [1.807, 2.05) is 0 Å². The van der Waals surface area contributed by atoms with E-state index in [1.54, 1.807) is 6.92 Å². The molecule has 3 N–H and O–H groups in total. The molecule has 2 heterocycles. The molecule has 0 bridgehead atoms. The van der Waals surface area contributed by atoms with E-state index in [4.69, 9.17) is 19.3 Å². The van der Waals surface area contributed by atoms with Crippen molar-refractivity contribution in [1.29, 1.82) is 0 Å². The summed E-state index contributed by atoms with van der Waals surface area (Å²) in [6, 6.07) is 0. The van der Waals surface area contributed by atoms with Gasteiger partial charge in [-0.3, -0.25) is 0 Å². The van der Waals surface area contributed by atoms with Crippen molar-refractivity contribution in [2.75, 3.05) is 6.61 Å². The van der Waals surface area contributed by atoms with E-state index in [-0.39, 0.29) is 6.61 Å². The lowest BCUT2D eigenvalue weighted by Gasteiger charge is -2.36. The van der Waals surface area contributed by atoms with Crippen molar-refractivity contribution in [3.8, 4) is 0 Å². The van der Waals surface area contributed by atoms with Gasteiger partial charge in [0.15, 0.2) is 12.6 Å². The van der Waals surface area contributed by atoms with Crippen molar-refractivity contribution in [3.63, 3.8) is 0 Å². The number of aliphatic hydroxyl groups is 3. The monoisotopic (exact) mass is 206 g/mol. The zero-order valence-electron chi connectivity index (χ0n) is 7.74. The summed E-state index contributed by atoms with van der Waals surface area (Å²) >= 11 is 0. The van der Waals surface area contributed by atoms with Crippen LogP contribution in [0, 0.1) is 0 Å². The zero-order valence-corrected chi connectivity index (χ0v) is 7.74. The molecule has 6 atom stereocenters. The Morgan fingerprint density at radius 2 is 1.79 bits per heavy atom. The fraction of sp³-hybridized carbons (Fsp3) is 1.00. The molecule has 6 heteroatoms. The summed E-state index contributed by atoms with van der Waals surface area (Å²) in [7, 11) is 0. The Bertz CT molecular complexity index is 208. The molecule has 4 unspecified atom stereocenters. The zero-order chi connectivity index (χ0) is 10.3. The maximum atomic E-state index is 9.62. The van der Waals surface area contributed by atoms with E-state index in [0.717, 1.165) is 0 Å². The molecule has 82 valence electrons. The lowest BCUT2D eigenvalue weighted by Crippen LogP contribution is -2.57. The Kier molecular flexibility index (Phi) is 2.74. The van der Waals surface area contributed by atoms with Gasteiger partial charge in [0.2, 0.25) is 0 Å². The molecular weight excluding hydrogens is 192 g/mol. The highest BCUT2D eigenvalue weighted by molar-refractivity contribution is 4.91. The van der Waals surface area contributed by atoms with E-state index in [1.165, 1.54) is 0 Å². The number of fused-ring (bicyclic) bond motifs is 1. The van der Waals surface area contributed by atoms with Crippen LogP contribution < -0.4 is 0 Å². The number of hydrogen-bond acceptors (Lipinski definition) is 6. The van der Waals surface area contributed by atoms with Crippen LogP contribution in [0.4, 0.5) is 0 Å². The number of ether oxygens (including phenoxy) is 3. The summed E-state index contributed by atoms with van der Waals surface area (Å²) in [6.45, 7) is 1.31. The summed E-state index contributed by atoms with van der Waals surface area (Å²) in [5.41, 5.74) is 0. The lowest BCUT2D eigenvalue weighted by molar-refractivity contribution is -0.252. The molecule has 6 nitrogen and oxygen atoms in total. The second-order valence-corrected chi connectivity index (χ2v) is 3.51. The summed E-state index contributed by atoms with van der Waals surface area (Å²) in [4.78, 5) is 0. The normalized spacial score (nSPS) is 53.1.